The van der Waals surface area contributed by atoms with E-state index < -0.39 is 17.8 Å². The van der Waals surface area contributed by atoms with Crippen LogP contribution in [0.2, 0.25) is 0 Å². The Kier molecular flexibility index (Phi) is 5.22. The van der Waals surface area contributed by atoms with Crippen LogP contribution in [0.5, 0.6) is 0 Å². The van der Waals surface area contributed by atoms with Gasteiger partial charge in [0.2, 0.25) is 5.13 Å². The number of aromatic nitrogens is 2. The predicted molar refractivity (Wildman–Crippen MR) is 89.8 cm³/mol. The van der Waals surface area contributed by atoms with Crippen molar-refractivity contribution in [1.82, 2.24) is 10.2 Å². The number of amides is 2. The predicted octanol–water partition coefficient (Wildman–Crippen LogP) is 5.25. The Morgan fingerprint density at radius 2 is 1.80 bits per heavy atom. The maximum Gasteiger partial charge on any atom is 0.418 e. The summed E-state index contributed by atoms with van der Waals surface area (Å²) >= 11 is 1.27. The SMILES string of the molecule is O=C(Nc1nnc(C2CCCCC2)s1)Nc1ccccc1C(F)(F)F. The van der Waals surface area contributed by atoms with E-state index >= 15 is 0 Å². The second-order valence-corrected chi connectivity index (χ2v) is 6.91. The fourth-order valence-electron chi connectivity index (χ4n) is 2.89. The van der Waals surface area contributed by atoms with Crippen molar-refractivity contribution in [2.45, 2.75) is 44.2 Å². The average Bonchev–Trinajstić information content (AvgIpc) is 3.03. The summed E-state index contributed by atoms with van der Waals surface area (Å²) in [5, 5.41) is 13.8. The third-order valence-corrected chi connectivity index (χ3v) is 5.10. The molecule has 134 valence electrons. The van der Waals surface area contributed by atoms with Crippen LogP contribution in [0.25, 0.3) is 0 Å². The Morgan fingerprint density at radius 3 is 2.52 bits per heavy atom. The minimum atomic E-state index is -4.54. The number of carbonyl (C=O) groups is 1. The molecule has 1 aromatic carbocycles. The Labute approximate surface area is 146 Å². The van der Waals surface area contributed by atoms with Crippen LogP contribution in [0.3, 0.4) is 0 Å². The summed E-state index contributed by atoms with van der Waals surface area (Å²) < 4.78 is 38.8. The quantitative estimate of drug-likeness (QED) is 0.775. The van der Waals surface area contributed by atoms with Gasteiger partial charge in [-0.1, -0.05) is 42.7 Å². The Hall–Kier alpha value is -2.16. The van der Waals surface area contributed by atoms with Gasteiger partial charge in [0.1, 0.15) is 5.01 Å². The van der Waals surface area contributed by atoms with Crippen molar-refractivity contribution in [3.05, 3.63) is 34.8 Å². The molecule has 0 aliphatic heterocycles. The van der Waals surface area contributed by atoms with Crippen LogP contribution in [0.1, 0.15) is 48.6 Å². The molecule has 25 heavy (non-hydrogen) atoms. The summed E-state index contributed by atoms with van der Waals surface area (Å²) in [4.78, 5) is 12.0. The van der Waals surface area contributed by atoms with E-state index in [9.17, 15) is 18.0 Å². The van der Waals surface area contributed by atoms with Gasteiger partial charge < -0.3 is 5.32 Å². The van der Waals surface area contributed by atoms with E-state index in [4.69, 9.17) is 0 Å². The van der Waals surface area contributed by atoms with E-state index in [-0.39, 0.29) is 10.8 Å². The highest BCUT2D eigenvalue weighted by molar-refractivity contribution is 7.15. The molecule has 0 atom stereocenters. The lowest BCUT2D eigenvalue weighted by molar-refractivity contribution is -0.136. The van der Waals surface area contributed by atoms with Gasteiger partial charge >= 0.3 is 12.2 Å². The smallest absolute Gasteiger partial charge is 0.307 e. The van der Waals surface area contributed by atoms with E-state index in [1.807, 2.05) is 0 Å². The molecular formula is C16H17F3N4OS. The lowest BCUT2D eigenvalue weighted by atomic mass is 9.90. The van der Waals surface area contributed by atoms with Crippen molar-refractivity contribution in [1.29, 1.82) is 0 Å². The van der Waals surface area contributed by atoms with Gasteiger partial charge in [-0.3, -0.25) is 5.32 Å². The summed E-state index contributed by atoms with van der Waals surface area (Å²) in [5.41, 5.74) is -1.20. The molecule has 2 amide bonds. The number of alkyl halides is 3. The number of hydrogen-bond donors (Lipinski definition) is 2. The summed E-state index contributed by atoms with van der Waals surface area (Å²) in [6.45, 7) is 0. The third-order valence-electron chi connectivity index (χ3n) is 4.10. The minimum Gasteiger partial charge on any atom is -0.307 e. The largest absolute Gasteiger partial charge is 0.418 e. The molecule has 2 N–H and O–H groups in total. The van der Waals surface area contributed by atoms with Crippen LogP contribution in [-0.4, -0.2) is 16.2 Å². The van der Waals surface area contributed by atoms with Crippen molar-refractivity contribution in [3.8, 4) is 0 Å². The number of benzene rings is 1. The first-order valence-electron chi connectivity index (χ1n) is 8.01. The first-order chi connectivity index (χ1) is 11.9. The molecule has 1 heterocycles. The number of rotatable bonds is 3. The summed E-state index contributed by atoms with van der Waals surface area (Å²) in [5.74, 6) is 0.357. The minimum absolute atomic E-state index is 0.280. The number of carbonyl (C=O) groups excluding carboxylic acids is 1. The second-order valence-electron chi connectivity index (χ2n) is 5.90. The zero-order valence-corrected chi connectivity index (χ0v) is 14.1. The van der Waals surface area contributed by atoms with Crippen molar-refractivity contribution in [2.75, 3.05) is 10.6 Å². The zero-order chi connectivity index (χ0) is 17.9. The van der Waals surface area contributed by atoms with Crippen LogP contribution >= 0.6 is 11.3 Å². The molecule has 0 saturated heterocycles. The zero-order valence-electron chi connectivity index (χ0n) is 13.3. The lowest BCUT2D eigenvalue weighted by Gasteiger charge is -2.18. The number of hydrogen-bond acceptors (Lipinski definition) is 4. The molecule has 0 spiro atoms. The van der Waals surface area contributed by atoms with Gasteiger partial charge in [-0.05, 0) is 25.0 Å². The van der Waals surface area contributed by atoms with Crippen LogP contribution in [-0.2, 0) is 6.18 Å². The summed E-state index contributed by atoms with van der Waals surface area (Å²) in [6, 6.07) is 4.05. The number of urea groups is 1. The Balaban J connectivity index is 1.65. The van der Waals surface area contributed by atoms with Gasteiger partial charge in [-0.2, -0.15) is 13.2 Å². The molecular weight excluding hydrogens is 353 g/mol. The van der Waals surface area contributed by atoms with Crippen molar-refractivity contribution in [3.63, 3.8) is 0 Å². The molecule has 1 fully saturated rings. The van der Waals surface area contributed by atoms with E-state index in [0.717, 1.165) is 36.8 Å². The maximum atomic E-state index is 12.9. The molecule has 0 radical (unpaired) electrons. The molecule has 1 aromatic heterocycles. The molecule has 1 aliphatic carbocycles. The highest BCUT2D eigenvalue weighted by Crippen LogP contribution is 2.36. The highest BCUT2D eigenvalue weighted by atomic mass is 32.1. The van der Waals surface area contributed by atoms with Gasteiger partial charge in [-0.25, -0.2) is 4.79 Å². The Morgan fingerprint density at radius 1 is 1.08 bits per heavy atom. The second kappa shape index (κ2) is 7.38. The van der Waals surface area contributed by atoms with Crippen molar-refractivity contribution >= 4 is 28.2 Å². The molecule has 9 heteroatoms. The van der Waals surface area contributed by atoms with Crippen LogP contribution in [0.4, 0.5) is 28.8 Å². The third kappa shape index (κ3) is 4.47. The highest BCUT2D eigenvalue weighted by Gasteiger charge is 2.33. The average molecular weight is 370 g/mol. The number of para-hydroxylation sites is 1. The molecule has 5 nitrogen and oxygen atoms in total. The van der Waals surface area contributed by atoms with Gasteiger partial charge in [0.25, 0.3) is 0 Å². The first-order valence-corrected chi connectivity index (χ1v) is 8.83. The standard InChI is InChI=1S/C16H17F3N4OS/c17-16(18,19)11-8-4-5-9-12(11)20-14(24)21-15-23-22-13(25-15)10-6-2-1-3-7-10/h4-5,8-10H,1-3,6-7H2,(H2,20,21,23,24). The fraction of sp³-hybridized carbons (Fsp3) is 0.438. The van der Waals surface area contributed by atoms with Gasteiger partial charge in [0.05, 0.1) is 11.3 Å². The van der Waals surface area contributed by atoms with Gasteiger partial charge in [0.15, 0.2) is 0 Å². The maximum absolute atomic E-state index is 12.9. The van der Waals surface area contributed by atoms with Gasteiger partial charge in [0, 0.05) is 5.92 Å². The molecule has 3 rings (SSSR count). The number of halogens is 3. The number of nitrogens with zero attached hydrogens (tertiary/aromatic N) is 2. The van der Waals surface area contributed by atoms with Crippen LogP contribution in [0, 0.1) is 0 Å². The molecule has 1 saturated carbocycles. The molecule has 0 bridgehead atoms. The van der Waals surface area contributed by atoms with Crippen LogP contribution in [0.15, 0.2) is 24.3 Å². The van der Waals surface area contributed by atoms with Crippen molar-refractivity contribution in [2.24, 2.45) is 0 Å². The van der Waals surface area contributed by atoms with Crippen molar-refractivity contribution < 1.29 is 18.0 Å². The van der Waals surface area contributed by atoms with E-state index in [1.165, 1.54) is 36.0 Å². The fourth-order valence-corrected chi connectivity index (χ4v) is 3.80. The number of nitrogens with one attached hydrogen (secondary N) is 2. The molecule has 0 unspecified atom stereocenters. The first kappa shape index (κ1) is 17.7. The topological polar surface area (TPSA) is 66.9 Å². The number of anilines is 2. The Bertz CT molecular complexity index is 741. The summed E-state index contributed by atoms with van der Waals surface area (Å²) in [7, 11) is 0. The van der Waals surface area contributed by atoms with E-state index in [0.29, 0.717) is 5.92 Å². The summed E-state index contributed by atoms with van der Waals surface area (Å²) in [6.07, 6.45) is 1.10. The van der Waals surface area contributed by atoms with Gasteiger partial charge in [-0.15, -0.1) is 10.2 Å². The molecule has 2 aromatic rings. The van der Waals surface area contributed by atoms with E-state index in [2.05, 4.69) is 20.8 Å². The monoisotopic (exact) mass is 370 g/mol. The van der Waals surface area contributed by atoms with E-state index in [1.54, 1.807) is 0 Å². The lowest BCUT2D eigenvalue weighted by Crippen LogP contribution is -2.21. The molecule has 1 aliphatic rings. The van der Waals surface area contributed by atoms with Crippen LogP contribution < -0.4 is 10.6 Å². The normalized spacial score (nSPS) is 15.8.